The topological polar surface area (TPSA) is 47.6 Å². The number of carbonyl (C=O) groups is 1. The Morgan fingerprint density at radius 3 is 2.44 bits per heavy atom. The zero-order valence-electron chi connectivity index (χ0n) is 14.4. The quantitative estimate of drug-likeness (QED) is 0.418. The molecular formula is C20H22ClNO3. The van der Waals surface area contributed by atoms with Crippen molar-refractivity contribution in [2.45, 2.75) is 13.3 Å². The first-order valence-electron chi connectivity index (χ1n) is 8.07. The highest BCUT2D eigenvalue weighted by atomic mass is 35.5. The number of anilines is 1. The number of halogens is 1. The van der Waals surface area contributed by atoms with E-state index in [1.807, 2.05) is 55.5 Å². The fraction of sp³-hybridized carbons (Fsp3) is 0.250. The molecule has 2 rings (SSSR count). The molecule has 0 radical (unpaired) electrons. The van der Waals surface area contributed by atoms with Crippen LogP contribution in [0.1, 0.15) is 18.9 Å². The first-order valence-corrected chi connectivity index (χ1v) is 8.45. The van der Waals surface area contributed by atoms with Crippen LogP contribution in [0.25, 0.3) is 5.57 Å². The average Bonchev–Trinajstić information content (AvgIpc) is 2.63. The molecule has 0 amide bonds. The Morgan fingerprint density at radius 1 is 1.12 bits per heavy atom. The highest BCUT2D eigenvalue weighted by Crippen LogP contribution is 2.19. The number of methoxy groups -OCH3 is 1. The zero-order valence-corrected chi connectivity index (χ0v) is 15.2. The van der Waals surface area contributed by atoms with Gasteiger partial charge in [0.2, 0.25) is 0 Å². The van der Waals surface area contributed by atoms with E-state index in [1.165, 1.54) is 13.2 Å². The lowest BCUT2D eigenvalue weighted by Gasteiger charge is -2.09. The summed E-state index contributed by atoms with van der Waals surface area (Å²) < 4.78 is 10.4. The molecule has 0 spiro atoms. The number of benzene rings is 2. The first kappa shape index (κ1) is 18.9. The molecular weight excluding hydrogens is 338 g/mol. The van der Waals surface area contributed by atoms with Gasteiger partial charge in [0.15, 0.2) is 0 Å². The maximum absolute atomic E-state index is 11.2. The molecule has 0 aliphatic carbocycles. The van der Waals surface area contributed by atoms with Gasteiger partial charge in [0.1, 0.15) is 5.75 Å². The Morgan fingerprint density at radius 2 is 1.80 bits per heavy atom. The molecule has 4 nitrogen and oxygen atoms in total. The van der Waals surface area contributed by atoms with E-state index in [0.717, 1.165) is 40.6 Å². The summed E-state index contributed by atoms with van der Waals surface area (Å²) in [6.45, 7) is 3.31. The number of ether oxygens (including phenoxy) is 2. The summed E-state index contributed by atoms with van der Waals surface area (Å²) in [4.78, 5) is 11.2. The molecule has 1 N–H and O–H groups in total. The molecule has 0 aliphatic heterocycles. The highest BCUT2D eigenvalue weighted by Gasteiger charge is 2.01. The summed E-state index contributed by atoms with van der Waals surface area (Å²) in [5.41, 5.74) is 2.86. The molecule has 5 heteroatoms. The van der Waals surface area contributed by atoms with Crippen molar-refractivity contribution in [2.75, 3.05) is 25.6 Å². The van der Waals surface area contributed by atoms with Gasteiger partial charge in [-0.1, -0.05) is 23.7 Å². The predicted octanol–water partition coefficient (Wildman–Crippen LogP) is 4.80. The number of hydrogen-bond acceptors (Lipinski definition) is 4. The van der Waals surface area contributed by atoms with E-state index in [4.69, 9.17) is 16.3 Å². The van der Waals surface area contributed by atoms with Crippen molar-refractivity contribution < 1.29 is 14.3 Å². The van der Waals surface area contributed by atoms with Crippen LogP contribution in [0.5, 0.6) is 5.75 Å². The van der Waals surface area contributed by atoms with Crippen LogP contribution in [-0.2, 0) is 9.53 Å². The number of allylic oxidation sites excluding steroid dienone is 1. The normalized spacial score (nSPS) is 11.1. The van der Waals surface area contributed by atoms with Crippen molar-refractivity contribution in [1.82, 2.24) is 0 Å². The Bertz CT molecular complexity index is 709. The van der Waals surface area contributed by atoms with Crippen LogP contribution in [0.15, 0.2) is 54.6 Å². The summed E-state index contributed by atoms with van der Waals surface area (Å²) in [6, 6.07) is 15.3. The van der Waals surface area contributed by atoms with Gasteiger partial charge in [0.05, 0.1) is 13.7 Å². The summed E-state index contributed by atoms with van der Waals surface area (Å²) in [5, 5.41) is 4.05. The van der Waals surface area contributed by atoms with E-state index in [0.29, 0.717) is 6.61 Å². The Hall–Kier alpha value is -2.46. The maximum Gasteiger partial charge on any atom is 0.330 e. The van der Waals surface area contributed by atoms with Crippen LogP contribution in [0, 0.1) is 0 Å². The molecule has 0 saturated heterocycles. The van der Waals surface area contributed by atoms with Gasteiger partial charge in [0.25, 0.3) is 0 Å². The van der Waals surface area contributed by atoms with Gasteiger partial charge in [-0.3, -0.25) is 0 Å². The minimum Gasteiger partial charge on any atom is -0.494 e. The zero-order chi connectivity index (χ0) is 18.1. The molecule has 2 aromatic carbocycles. The molecule has 0 bridgehead atoms. The number of nitrogens with one attached hydrogen (secondary N) is 1. The van der Waals surface area contributed by atoms with Gasteiger partial charge in [-0.25, -0.2) is 4.79 Å². The molecule has 0 heterocycles. The van der Waals surface area contributed by atoms with Gasteiger partial charge in [-0.05, 0) is 60.9 Å². The molecule has 0 aromatic heterocycles. The van der Waals surface area contributed by atoms with Crippen molar-refractivity contribution in [3.8, 4) is 5.75 Å². The lowest BCUT2D eigenvalue weighted by Crippen LogP contribution is -2.07. The second kappa shape index (κ2) is 9.74. The van der Waals surface area contributed by atoms with E-state index in [9.17, 15) is 4.79 Å². The Kier molecular flexibility index (Phi) is 7.36. The molecule has 0 fully saturated rings. The lowest BCUT2D eigenvalue weighted by atomic mass is 10.1. The average molecular weight is 360 g/mol. The second-order valence-electron chi connectivity index (χ2n) is 5.51. The van der Waals surface area contributed by atoms with Crippen LogP contribution in [0.4, 0.5) is 5.69 Å². The van der Waals surface area contributed by atoms with Crippen molar-refractivity contribution in [3.63, 3.8) is 0 Å². The molecule has 2 aromatic rings. The number of esters is 1. The smallest absolute Gasteiger partial charge is 0.330 e. The molecule has 0 aliphatic rings. The Balaban J connectivity index is 1.73. The maximum atomic E-state index is 11.2. The number of rotatable bonds is 8. The monoisotopic (exact) mass is 359 g/mol. The van der Waals surface area contributed by atoms with Crippen LogP contribution < -0.4 is 10.1 Å². The van der Waals surface area contributed by atoms with Gasteiger partial charge in [-0.2, -0.15) is 0 Å². The lowest BCUT2D eigenvalue weighted by molar-refractivity contribution is -0.134. The SMILES string of the molecule is COC(=O)C=C(C)c1ccc(OCCCNc2ccc(Cl)cc2)cc1. The molecule has 0 unspecified atom stereocenters. The molecule has 25 heavy (non-hydrogen) atoms. The summed E-state index contributed by atoms with van der Waals surface area (Å²) in [7, 11) is 1.37. The molecule has 0 atom stereocenters. The number of hydrogen-bond donors (Lipinski definition) is 1. The summed E-state index contributed by atoms with van der Waals surface area (Å²) >= 11 is 5.85. The van der Waals surface area contributed by atoms with Crippen molar-refractivity contribution in [3.05, 3.63) is 65.2 Å². The van der Waals surface area contributed by atoms with Crippen molar-refractivity contribution in [1.29, 1.82) is 0 Å². The van der Waals surface area contributed by atoms with Crippen LogP contribution >= 0.6 is 11.6 Å². The molecule has 132 valence electrons. The van der Waals surface area contributed by atoms with Crippen molar-refractivity contribution >= 4 is 28.8 Å². The highest BCUT2D eigenvalue weighted by molar-refractivity contribution is 6.30. The Labute approximate surface area is 153 Å². The van der Waals surface area contributed by atoms with E-state index in [-0.39, 0.29) is 5.97 Å². The summed E-state index contributed by atoms with van der Waals surface area (Å²) in [5.74, 6) is 0.451. The van der Waals surface area contributed by atoms with E-state index in [2.05, 4.69) is 10.1 Å². The number of carbonyl (C=O) groups excluding carboxylic acids is 1. The van der Waals surface area contributed by atoms with Gasteiger partial charge in [0, 0.05) is 23.3 Å². The van der Waals surface area contributed by atoms with E-state index < -0.39 is 0 Å². The molecule has 0 saturated carbocycles. The van der Waals surface area contributed by atoms with Gasteiger partial charge in [-0.15, -0.1) is 0 Å². The fourth-order valence-corrected chi connectivity index (χ4v) is 2.32. The second-order valence-corrected chi connectivity index (χ2v) is 5.95. The van der Waals surface area contributed by atoms with Gasteiger partial charge < -0.3 is 14.8 Å². The van der Waals surface area contributed by atoms with Crippen LogP contribution in [0.2, 0.25) is 5.02 Å². The van der Waals surface area contributed by atoms with Gasteiger partial charge >= 0.3 is 5.97 Å². The van der Waals surface area contributed by atoms with Crippen LogP contribution in [-0.4, -0.2) is 26.2 Å². The third-order valence-electron chi connectivity index (χ3n) is 3.61. The fourth-order valence-electron chi connectivity index (χ4n) is 2.20. The standard InChI is InChI=1S/C20H22ClNO3/c1-15(14-20(23)24-2)16-4-10-19(11-5-16)25-13-3-12-22-18-8-6-17(21)7-9-18/h4-11,14,22H,3,12-13H2,1-2H3. The minimum absolute atomic E-state index is 0.356. The van der Waals surface area contributed by atoms with Crippen molar-refractivity contribution in [2.24, 2.45) is 0 Å². The minimum atomic E-state index is -0.356. The largest absolute Gasteiger partial charge is 0.494 e. The first-order chi connectivity index (χ1) is 12.1. The third-order valence-corrected chi connectivity index (χ3v) is 3.86. The third kappa shape index (κ3) is 6.51. The predicted molar refractivity (Wildman–Crippen MR) is 102 cm³/mol. The summed E-state index contributed by atoms with van der Waals surface area (Å²) in [6.07, 6.45) is 2.35. The van der Waals surface area contributed by atoms with E-state index in [1.54, 1.807) is 0 Å². The van der Waals surface area contributed by atoms with E-state index >= 15 is 0 Å². The van der Waals surface area contributed by atoms with Crippen LogP contribution in [0.3, 0.4) is 0 Å².